The van der Waals surface area contributed by atoms with Crippen LogP contribution in [0.4, 0.5) is 18.9 Å². The Kier molecular flexibility index (Phi) is 6.59. The van der Waals surface area contributed by atoms with Crippen LogP contribution in [-0.2, 0) is 26.2 Å². The quantitative estimate of drug-likeness (QED) is 0.686. The van der Waals surface area contributed by atoms with Crippen molar-refractivity contribution in [1.82, 2.24) is 9.21 Å². The molecule has 3 rings (SSSR count). The van der Waals surface area contributed by atoms with Crippen molar-refractivity contribution in [2.24, 2.45) is 0 Å². The summed E-state index contributed by atoms with van der Waals surface area (Å²) in [4.78, 5) is 1.25. The number of piperazine rings is 1. The molecule has 1 fully saturated rings. The molecular weight excluding hydrogens is 479 g/mol. The number of sulfonamides is 2. The lowest BCUT2D eigenvalue weighted by molar-refractivity contribution is -0.137. The normalized spacial score (nSPS) is 16.9. The fourth-order valence-electron chi connectivity index (χ4n) is 2.97. The first-order valence-electron chi connectivity index (χ1n) is 8.99. The first kappa shape index (κ1) is 23.8. The van der Waals surface area contributed by atoms with E-state index in [9.17, 15) is 30.0 Å². The zero-order chi connectivity index (χ0) is 23.0. The van der Waals surface area contributed by atoms with Crippen LogP contribution in [0.1, 0.15) is 5.56 Å². The molecule has 0 radical (unpaired) electrons. The number of halogens is 4. The molecule has 31 heavy (non-hydrogen) atoms. The van der Waals surface area contributed by atoms with Gasteiger partial charge in [-0.2, -0.15) is 17.5 Å². The van der Waals surface area contributed by atoms with Gasteiger partial charge in [0.2, 0.25) is 10.0 Å². The van der Waals surface area contributed by atoms with Crippen molar-refractivity contribution in [3.05, 3.63) is 53.1 Å². The monoisotopic (exact) mass is 497 g/mol. The third-order valence-corrected chi connectivity index (χ3v) is 8.53. The molecule has 2 aromatic rings. The molecule has 0 saturated carbocycles. The van der Waals surface area contributed by atoms with Gasteiger partial charge in [-0.1, -0.05) is 11.6 Å². The Morgan fingerprint density at radius 1 is 0.935 bits per heavy atom. The number of hydrogen-bond donors (Lipinski definition) is 1. The standard InChI is InChI=1S/C18H19ClF3N3O4S2/c1-24-8-10-25(11-9-24)31(28,29)15-5-3-14(4-6-15)23-30(26,27)17-12-13(18(20,21)22)2-7-16(17)19/h2-7,12,23H,8-11H2,1H3. The zero-order valence-corrected chi connectivity index (χ0v) is 18.6. The van der Waals surface area contributed by atoms with Crippen molar-refractivity contribution >= 4 is 37.3 Å². The Bertz CT molecular complexity index is 1160. The van der Waals surface area contributed by atoms with Gasteiger partial charge in [0.05, 0.1) is 15.5 Å². The van der Waals surface area contributed by atoms with Crippen LogP contribution in [0.5, 0.6) is 0 Å². The van der Waals surface area contributed by atoms with Gasteiger partial charge < -0.3 is 4.90 Å². The largest absolute Gasteiger partial charge is 0.416 e. The summed E-state index contributed by atoms with van der Waals surface area (Å²) in [5, 5.41) is -0.380. The van der Waals surface area contributed by atoms with E-state index in [1.165, 1.54) is 28.6 Å². The molecule has 7 nitrogen and oxygen atoms in total. The molecule has 0 amide bonds. The summed E-state index contributed by atoms with van der Waals surface area (Å²) >= 11 is 5.80. The zero-order valence-electron chi connectivity index (χ0n) is 16.2. The molecule has 1 N–H and O–H groups in total. The van der Waals surface area contributed by atoms with Gasteiger partial charge in [0, 0.05) is 31.9 Å². The molecule has 13 heteroatoms. The highest BCUT2D eigenvalue weighted by Crippen LogP contribution is 2.34. The summed E-state index contributed by atoms with van der Waals surface area (Å²) in [5.41, 5.74) is -1.18. The summed E-state index contributed by atoms with van der Waals surface area (Å²) in [6.45, 7) is 1.85. The molecule has 2 aromatic carbocycles. The number of hydrogen-bond acceptors (Lipinski definition) is 5. The van der Waals surface area contributed by atoms with Gasteiger partial charge in [0.1, 0.15) is 4.90 Å². The Labute approximate surface area is 183 Å². The van der Waals surface area contributed by atoms with E-state index in [2.05, 4.69) is 4.72 Å². The first-order valence-corrected chi connectivity index (χ1v) is 12.3. The number of anilines is 1. The molecule has 0 aromatic heterocycles. The molecule has 0 atom stereocenters. The Hall–Kier alpha value is -1.86. The maximum Gasteiger partial charge on any atom is 0.416 e. The molecular formula is C18H19ClF3N3O4S2. The highest BCUT2D eigenvalue weighted by Gasteiger charge is 2.33. The molecule has 1 aliphatic rings. The summed E-state index contributed by atoms with van der Waals surface area (Å²) in [7, 11) is -6.30. The maximum atomic E-state index is 12.9. The van der Waals surface area contributed by atoms with Crippen molar-refractivity contribution < 1.29 is 30.0 Å². The second-order valence-electron chi connectivity index (χ2n) is 6.98. The highest BCUT2D eigenvalue weighted by molar-refractivity contribution is 7.92. The summed E-state index contributed by atoms with van der Waals surface area (Å²) < 4.78 is 92.8. The number of rotatable bonds is 5. The van der Waals surface area contributed by atoms with Gasteiger partial charge >= 0.3 is 6.18 Å². The van der Waals surface area contributed by atoms with Gasteiger partial charge in [-0.25, -0.2) is 16.8 Å². The fraction of sp³-hybridized carbons (Fsp3) is 0.333. The highest BCUT2D eigenvalue weighted by atomic mass is 35.5. The van der Waals surface area contributed by atoms with Gasteiger partial charge in [0.25, 0.3) is 10.0 Å². The number of nitrogens with zero attached hydrogens (tertiary/aromatic N) is 2. The molecule has 170 valence electrons. The van der Waals surface area contributed by atoms with E-state index in [0.717, 1.165) is 6.07 Å². The van der Waals surface area contributed by atoms with Crippen LogP contribution in [-0.4, -0.2) is 59.3 Å². The Morgan fingerprint density at radius 2 is 1.52 bits per heavy atom. The van der Waals surface area contributed by atoms with Crippen molar-refractivity contribution in [1.29, 1.82) is 0 Å². The lowest BCUT2D eigenvalue weighted by Crippen LogP contribution is -2.46. The Balaban J connectivity index is 1.83. The second kappa shape index (κ2) is 8.58. The summed E-state index contributed by atoms with van der Waals surface area (Å²) in [5.74, 6) is 0. The van der Waals surface area contributed by atoms with E-state index >= 15 is 0 Å². The number of benzene rings is 2. The van der Waals surface area contributed by atoms with E-state index in [1.807, 2.05) is 11.9 Å². The van der Waals surface area contributed by atoms with Crippen molar-refractivity contribution in [3.63, 3.8) is 0 Å². The minimum absolute atomic E-state index is 0.0166. The van der Waals surface area contributed by atoms with E-state index < -0.39 is 36.7 Å². The predicted octanol–water partition coefficient (Wildman–Crippen LogP) is 3.10. The molecule has 1 aliphatic heterocycles. The molecule has 0 bridgehead atoms. The van der Waals surface area contributed by atoms with E-state index in [0.29, 0.717) is 38.3 Å². The minimum atomic E-state index is -4.74. The van der Waals surface area contributed by atoms with Crippen LogP contribution in [0.15, 0.2) is 52.3 Å². The van der Waals surface area contributed by atoms with Gasteiger partial charge in [-0.05, 0) is 49.5 Å². The van der Waals surface area contributed by atoms with Crippen molar-refractivity contribution in [3.8, 4) is 0 Å². The van der Waals surface area contributed by atoms with Gasteiger partial charge in [0.15, 0.2) is 0 Å². The van der Waals surface area contributed by atoms with Crippen LogP contribution >= 0.6 is 11.6 Å². The summed E-state index contributed by atoms with van der Waals surface area (Å²) in [6, 6.07) is 6.89. The molecule has 0 unspecified atom stereocenters. The van der Waals surface area contributed by atoms with E-state index in [4.69, 9.17) is 11.6 Å². The van der Waals surface area contributed by atoms with Crippen LogP contribution in [0, 0.1) is 0 Å². The van der Waals surface area contributed by atoms with Crippen molar-refractivity contribution in [2.45, 2.75) is 16.0 Å². The lowest BCUT2D eigenvalue weighted by atomic mass is 10.2. The van der Waals surface area contributed by atoms with Crippen LogP contribution in [0.2, 0.25) is 5.02 Å². The van der Waals surface area contributed by atoms with Gasteiger partial charge in [-0.15, -0.1) is 0 Å². The maximum absolute atomic E-state index is 12.9. The molecule has 0 aliphatic carbocycles. The SMILES string of the molecule is CN1CCN(S(=O)(=O)c2ccc(NS(=O)(=O)c3cc(C(F)(F)F)ccc3Cl)cc2)CC1. The number of alkyl halides is 3. The first-order chi connectivity index (χ1) is 14.3. The fourth-order valence-corrected chi connectivity index (χ4v) is 5.98. The predicted molar refractivity (Wildman–Crippen MR) is 110 cm³/mol. The van der Waals surface area contributed by atoms with E-state index in [-0.39, 0.29) is 15.6 Å². The average Bonchev–Trinajstić information content (AvgIpc) is 2.67. The Morgan fingerprint density at radius 3 is 2.06 bits per heavy atom. The minimum Gasteiger partial charge on any atom is -0.304 e. The molecule has 1 heterocycles. The van der Waals surface area contributed by atoms with Crippen LogP contribution in [0.3, 0.4) is 0 Å². The third kappa shape index (κ3) is 5.32. The third-order valence-electron chi connectivity index (χ3n) is 4.75. The van der Waals surface area contributed by atoms with Crippen molar-refractivity contribution in [2.75, 3.05) is 37.9 Å². The summed E-state index contributed by atoms with van der Waals surface area (Å²) in [6.07, 6.45) is -4.74. The smallest absolute Gasteiger partial charge is 0.304 e. The number of nitrogens with one attached hydrogen (secondary N) is 1. The molecule has 0 spiro atoms. The van der Waals surface area contributed by atoms with Crippen LogP contribution < -0.4 is 4.72 Å². The van der Waals surface area contributed by atoms with Gasteiger partial charge in [-0.3, -0.25) is 4.72 Å². The lowest BCUT2D eigenvalue weighted by Gasteiger charge is -2.31. The topological polar surface area (TPSA) is 86.8 Å². The second-order valence-corrected chi connectivity index (χ2v) is 11.0. The average molecular weight is 498 g/mol. The molecule has 1 saturated heterocycles. The number of likely N-dealkylation sites (N-methyl/N-ethyl adjacent to an activating group) is 1. The van der Waals surface area contributed by atoms with Crippen LogP contribution in [0.25, 0.3) is 0 Å². The van der Waals surface area contributed by atoms with E-state index in [1.54, 1.807) is 0 Å².